The van der Waals surface area contributed by atoms with Crippen molar-refractivity contribution < 1.29 is 14.7 Å². The van der Waals surface area contributed by atoms with Gasteiger partial charge in [0.15, 0.2) is 0 Å². The summed E-state index contributed by atoms with van der Waals surface area (Å²) in [6.07, 6.45) is 7.21. The van der Waals surface area contributed by atoms with E-state index in [2.05, 4.69) is 6.07 Å². The van der Waals surface area contributed by atoms with E-state index in [0.29, 0.717) is 13.1 Å². The van der Waals surface area contributed by atoms with Crippen LogP contribution in [-0.2, 0) is 17.6 Å². The molecule has 1 amide bonds. The van der Waals surface area contributed by atoms with Crippen molar-refractivity contribution in [2.45, 2.75) is 44.9 Å². The number of piperidine rings is 1. The summed E-state index contributed by atoms with van der Waals surface area (Å²) < 4.78 is 0. The van der Waals surface area contributed by atoms with E-state index in [1.54, 1.807) is 11.3 Å². The highest BCUT2D eigenvalue weighted by molar-refractivity contribution is 7.14. The zero-order chi connectivity index (χ0) is 15.3. The third-order valence-electron chi connectivity index (χ3n) is 5.74. The largest absolute Gasteiger partial charge is 0.481 e. The number of fused-ring (bicyclic) bond motifs is 1. The molecule has 22 heavy (non-hydrogen) atoms. The normalized spacial score (nSPS) is 25.8. The Balaban J connectivity index is 1.42. The van der Waals surface area contributed by atoms with Crippen LogP contribution in [0, 0.1) is 11.3 Å². The van der Waals surface area contributed by atoms with E-state index in [4.69, 9.17) is 5.11 Å². The molecule has 5 heteroatoms. The van der Waals surface area contributed by atoms with E-state index in [1.807, 2.05) is 4.90 Å². The van der Waals surface area contributed by atoms with Gasteiger partial charge in [0.25, 0.3) is 5.91 Å². The van der Waals surface area contributed by atoms with Gasteiger partial charge in [-0.2, -0.15) is 0 Å². The second kappa shape index (κ2) is 5.08. The van der Waals surface area contributed by atoms with E-state index >= 15 is 0 Å². The molecule has 4 nitrogen and oxygen atoms in total. The predicted octanol–water partition coefficient (Wildman–Crippen LogP) is 2.95. The number of hydrogen-bond donors (Lipinski definition) is 1. The van der Waals surface area contributed by atoms with Gasteiger partial charge >= 0.3 is 5.97 Å². The number of thiophene rings is 1. The summed E-state index contributed by atoms with van der Waals surface area (Å²) in [5.74, 6) is -0.675. The topological polar surface area (TPSA) is 57.6 Å². The minimum Gasteiger partial charge on any atom is -0.481 e. The molecule has 1 spiro atoms. The van der Waals surface area contributed by atoms with Gasteiger partial charge < -0.3 is 10.0 Å². The van der Waals surface area contributed by atoms with E-state index < -0.39 is 5.97 Å². The molecule has 1 unspecified atom stereocenters. The van der Waals surface area contributed by atoms with Gasteiger partial charge in [-0.1, -0.05) is 0 Å². The van der Waals surface area contributed by atoms with E-state index in [1.165, 1.54) is 23.3 Å². The number of carboxylic acids is 1. The summed E-state index contributed by atoms with van der Waals surface area (Å²) in [4.78, 5) is 28.0. The molecule has 1 saturated carbocycles. The first-order chi connectivity index (χ1) is 10.6. The number of hydrogen-bond acceptors (Lipinski definition) is 3. The van der Waals surface area contributed by atoms with Crippen molar-refractivity contribution >= 4 is 23.2 Å². The molecule has 1 saturated heterocycles. The van der Waals surface area contributed by atoms with Crippen LogP contribution in [0.4, 0.5) is 0 Å². The molecule has 1 N–H and O–H groups in total. The third kappa shape index (κ3) is 2.26. The van der Waals surface area contributed by atoms with Crippen molar-refractivity contribution in [2.75, 3.05) is 13.1 Å². The smallest absolute Gasteiger partial charge is 0.307 e. The van der Waals surface area contributed by atoms with Gasteiger partial charge in [-0.05, 0) is 62.0 Å². The van der Waals surface area contributed by atoms with Gasteiger partial charge in [0.1, 0.15) is 0 Å². The Hall–Kier alpha value is -1.36. The molecule has 0 aromatic carbocycles. The minimum absolute atomic E-state index is 0.00268. The number of amides is 1. The molecular weight excluding hydrogens is 298 g/mol. The minimum atomic E-state index is -0.661. The highest BCUT2D eigenvalue weighted by atomic mass is 32.1. The molecule has 1 aromatic heterocycles. The summed E-state index contributed by atoms with van der Waals surface area (Å²) in [5.41, 5.74) is 1.37. The van der Waals surface area contributed by atoms with E-state index in [0.717, 1.165) is 37.0 Å². The van der Waals surface area contributed by atoms with Crippen LogP contribution in [0.2, 0.25) is 0 Å². The van der Waals surface area contributed by atoms with E-state index in [9.17, 15) is 9.59 Å². The molecule has 4 rings (SSSR count). The summed E-state index contributed by atoms with van der Waals surface area (Å²) in [5, 5.41) is 9.14. The number of rotatable bonds is 2. The summed E-state index contributed by atoms with van der Waals surface area (Å²) in [6.45, 7) is 1.43. The highest BCUT2D eigenvalue weighted by Crippen LogP contribution is 2.59. The lowest BCUT2D eigenvalue weighted by Gasteiger charge is -2.32. The second-order valence-electron chi connectivity index (χ2n) is 7.02. The molecule has 0 radical (unpaired) electrons. The van der Waals surface area contributed by atoms with Gasteiger partial charge in [0, 0.05) is 18.0 Å². The van der Waals surface area contributed by atoms with Gasteiger partial charge in [0.2, 0.25) is 0 Å². The van der Waals surface area contributed by atoms with Crippen molar-refractivity contribution in [3.8, 4) is 0 Å². The monoisotopic (exact) mass is 319 g/mol. The maximum absolute atomic E-state index is 12.7. The Morgan fingerprint density at radius 2 is 1.95 bits per heavy atom. The average molecular weight is 319 g/mol. The number of aryl methyl sites for hydroxylation is 2. The predicted molar refractivity (Wildman–Crippen MR) is 84.3 cm³/mol. The lowest BCUT2D eigenvalue weighted by Crippen LogP contribution is -2.39. The molecule has 2 heterocycles. The lowest BCUT2D eigenvalue weighted by molar-refractivity contribution is -0.139. The first-order valence-electron chi connectivity index (χ1n) is 8.23. The van der Waals surface area contributed by atoms with Crippen molar-refractivity contribution in [1.29, 1.82) is 0 Å². The van der Waals surface area contributed by atoms with Crippen LogP contribution >= 0.6 is 11.3 Å². The molecular formula is C17H21NO3S. The first-order valence-corrected chi connectivity index (χ1v) is 9.04. The maximum Gasteiger partial charge on any atom is 0.307 e. The molecule has 2 aliphatic carbocycles. The van der Waals surface area contributed by atoms with Crippen molar-refractivity contribution in [1.82, 2.24) is 4.90 Å². The number of nitrogens with zero attached hydrogens (tertiary/aromatic N) is 1. The average Bonchev–Trinajstić information content (AvgIpc) is 3.06. The molecule has 1 atom stereocenters. The Kier molecular flexibility index (Phi) is 3.29. The standard InChI is InChI=1S/C17H21NO3S/c19-15(14-9-11-3-1-2-4-13(11)22-14)18-7-5-17(6-8-18)10-12(17)16(20)21/h9,12H,1-8,10H2,(H,20,21). The molecule has 0 bridgehead atoms. The zero-order valence-electron chi connectivity index (χ0n) is 12.6. The maximum atomic E-state index is 12.7. The molecule has 118 valence electrons. The summed E-state index contributed by atoms with van der Waals surface area (Å²) in [6, 6.07) is 2.10. The SMILES string of the molecule is O=C(O)C1CC12CCN(C(=O)c1cc3c(s1)CCCC3)CC2. The number of carbonyl (C=O) groups is 2. The van der Waals surface area contributed by atoms with Crippen LogP contribution in [0.1, 0.15) is 52.2 Å². The second-order valence-corrected chi connectivity index (χ2v) is 8.15. The Labute approximate surface area is 134 Å². The molecule has 3 aliphatic rings. The van der Waals surface area contributed by atoms with Crippen LogP contribution in [0.5, 0.6) is 0 Å². The lowest BCUT2D eigenvalue weighted by atomic mass is 9.90. The molecule has 1 aliphatic heterocycles. The van der Waals surface area contributed by atoms with Gasteiger partial charge in [-0.15, -0.1) is 11.3 Å². The van der Waals surface area contributed by atoms with Crippen LogP contribution < -0.4 is 0 Å². The number of carbonyl (C=O) groups excluding carboxylic acids is 1. The first kappa shape index (κ1) is 14.2. The van der Waals surface area contributed by atoms with Gasteiger partial charge in [-0.3, -0.25) is 9.59 Å². The van der Waals surface area contributed by atoms with E-state index in [-0.39, 0.29) is 17.2 Å². The van der Waals surface area contributed by atoms with Crippen LogP contribution in [0.25, 0.3) is 0 Å². The third-order valence-corrected chi connectivity index (χ3v) is 6.97. The van der Waals surface area contributed by atoms with Gasteiger partial charge in [-0.25, -0.2) is 0 Å². The number of carboxylic acid groups (broad SMARTS) is 1. The number of likely N-dealkylation sites (tertiary alicyclic amines) is 1. The van der Waals surface area contributed by atoms with Gasteiger partial charge in [0.05, 0.1) is 10.8 Å². The quantitative estimate of drug-likeness (QED) is 0.912. The van der Waals surface area contributed by atoms with Crippen molar-refractivity contribution in [3.63, 3.8) is 0 Å². The van der Waals surface area contributed by atoms with Crippen molar-refractivity contribution in [2.24, 2.45) is 11.3 Å². The summed E-state index contributed by atoms with van der Waals surface area (Å²) >= 11 is 1.67. The Morgan fingerprint density at radius 1 is 1.23 bits per heavy atom. The summed E-state index contributed by atoms with van der Waals surface area (Å²) in [7, 11) is 0. The fourth-order valence-corrected chi connectivity index (χ4v) is 5.38. The van der Waals surface area contributed by atoms with Crippen molar-refractivity contribution in [3.05, 3.63) is 21.4 Å². The Bertz CT molecular complexity index is 604. The van der Waals surface area contributed by atoms with Crippen LogP contribution in [0.3, 0.4) is 0 Å². The fraction of sp³-hybridized carbons (Fsp3) is 0.647. The zero-order valence-corrected chi connectivity index (χ0v) is 13.5. The number of aliphatic carboxylic acids is 1. The fourth-order valence-electron chi connectivity index (χ4n) is 4.16. The van der Waals surface area contributed by atoms with Crippen LogP contribution in [0.15, 0.2) is 6.07 Å². The van der Waals surface area contributed by atoms with Crippen LogP contribution in [-0.4, -0.2) is 35.0 Å². The molecule has 2 fully saturated rings. The highest BCUT2D eigenvalue weighted by Gasteiger charge is 2.59. The molecule has 1 aromatic rings. The Morgan fingerprint density at radius 3 is 2.59 bits per heavy atom.